The molecule has 0 saturated carbocycles. The van der Waals surface area contributed by atoms with E-state index < -0.39 is 24.4 Å². The number of rotatable bonds is 12. The molecule has 0 saturated heterocycles. The molecule has 1 aromatic heterocycles. The van der Waals surface area contributed by atoms with Gasteiger partial charge in [0.1, 0.15) is 11.5 Å². The molecule has 0 bridgehead atoms. The highest BCUT2D eigenvalue weighted by molar-refractivity contribution is 9.10. The Balaban J connectivity index is 1.82. The molecule has 3 aromatic rings. The topological polar surface area (TPSA) is 80.0 Å². The molecule has 0 fully saturated rings. The first kappa shape index (κ1) is 22.7. The molecule has 34 heavy (non-hydrogen) atoms. The van der Waals surface area contributed by atoms with Gasteiger partial charge in [-0.2, -0.15) is 0 Å². The number of benzene rings is 2. The van der Waals surface area contributed by atoms with E-state index in [0.29, 0.717) is 47.4 Å². The maximum absolute atomic E-state index is 13.5. The molecule has 0 spiro atoms. The van der Waals surface area contributed by atoms with Gasteiger partial charge in [0.05, 0.1) is 15.6 Å². The van der Waals surface area contributed by atoms with Gasteiger partial charge in [0, 0.05) is 40.1 Å². The van der Waals surface area contributed by atoms with Crippen LogP contribution in [-0.2, 0) is 11.3 Å². The van der Waals surface area contributed by atoms with E-state index in [4.69, 9.17) is 17.0 Å². The predicted octanol–water partition coefficient (Wildman–Crippen LogP) is 6.78. The number of nitrogens with zero attached hydrogens (tertiary/aromatic N) is 1. The number of aliphatic carboxylic acids is 1. The lowest BCUT2D eigenvalue weighted by atomic mass is 10.1. The Kier molecular flexibility index (Phi) is 8.30. The lowest BCUT2D eigenvalue weighted by Gasteiger charge is -2.28. The Labute approximate surface area is 211 Å². The number of amides is 1. The molecular formula is C27H30BrNO5. The predicted molar refractivity (Wildman–Crippen MR) is 135 cm³/mol. The summed E-state index contributed by atoms with van der Waals surface area (Å²) in [6.07, 6.45) is 3.58. The molecule has 1 heterocycles. The van der Waals surface area contributed by atoms with Crippen LogP contribution in [-0.4, -0.2) is 34.5 Å². The molecule has 1 amide bonds. The Morgan fingerprint density at radius 2 is 1.88 bits per heavy atom. The van der Waals surface area contributed by atoms with Crippen molar-refractivity contribution in [2.45, 2.75) is 52.1 Å². The van der Waals surface area contributed by atoms with Crippen molar-refractivity contribution in [3.05, 3.63) is 76.5 Å². The van der Waals surface area contributed by atoms with Gasteiger partial charge in [-0.1, -0.05) is 28.1 Å². The van der Waals surface area contributed by atoms with Crippen molar-refractivity contribution in [3.8, 4) is 17.1 Å². The molecule has 0 atom stereocenters. The molecule has 0 aliphatic heterocycles. The first-order chi connectivity index (χ1) is 17.1. The number of carbonyl (C=O) groups excluding carboxylic acids is 1. The minimum Gasteiger partial charge on any atom is -0.493 e. The molecule has 3 rings (SSSR count). The zero-order valence-electron chi connectivity index (χ0n) is 21.3. The van der Waals surface area contributed by atoms with Gasteiger partial charge in [-0.15, -0.1) is 0 Å². The number of hydrogen-bond donors (Lipinski definition) is 1. The molecular weight excluding hydrogens is 498 g/mol. The van der Waals surface area contributed by atoms with Crippen LogP contribution in [0.2, 0.25) is 0 Å². The summed E-state index contributed by atoms with van der Waals surface area (Å²) < 4.78 is 30.0. The fraction of sp³-hybridized carbons (Fsp3) is 0.333. The van der Waals surface area contributed by atoms with E-state index in [2.05, 4.69) is 15.9 Å². The molecule has 0 unspecified atom stereocenters. The average Bonchev–Trinajstić information content (AvgIpc) is 3.36. The van der Waals surface area contributed by atoms with Crippen molar-refractivity contribution in [3.63, 3.8) is 0 Å². The second kappa shape index (κ2) is 12.4. The van der Waals surface area contributed by atoms with Crippen LogP contribution < -0.4 is 4.74 Å². The van der Waals surface area contributed by atoms with Gasteiger partial charge in [-0.3, -0.25) is 9.59 Å². The van der Waals surface area contributed by atoms with Crippen LogP contribution in [0.5, 0.6) is 5.75 Å². The van der Waals surface area contributed by atoms with Gasteiger partial charge in [0.15, 0.2) is 0 Å². The summed E-state index contributed by atoms with van der Waals surface area (Å²) in [5, 5.41) is 8.77. The van der Waals surface area contributed by atoms with Crippen LogP contribution in [0.25, 0.3) is 11.3 Å². The lowest BCUT2D eigenvalue weighted by molar-refractivity contribution is -0.137. The molecule has 180 valence electrons. The zero-order valence-corrected chi connectivity index (χ0v) is 20.9. The van der Waals surface area contributed by atoms with Crippen LogP contribution >= 0.6 is 15.9 Å². The highest BCUT2D eigenvalue weighted by Crippen LogP contribution is 2.27. The number of carboxylic acids is 1. The summed E-state index contributed by atoms with van der Waals surface area (Å²) in [6, 6.07) is 15.1. The van der Waals surface area contributed by atoms with Gasteiger partial charge in [0.25, 0.3) is 5.91 Å². The summed E-state index contributed by atoms with van der Waals surface area (Å²) in [4.78, 5) is 25.4. The van der Waals surface area contributed by atoms with E-state index >= 15 is 0 Å². The Morgan fingerprint density at radius 3 is 2.53 bits per heavy atom. The van der Waals surface area contributed by atoms with Crippen LogP contribution in [0.15, 0.2) is 69.8 Å². The van der Waals surface area contributed by atoms with Crippen molar-refractivity contribution in [2.75, 3.05) is 6.61 Å². The third-order valence-corrected chi connectivity index (χ3v) is 5.64. The second-order valence-corrected chi connectivity index (χ2v) is 9.04. The Morgan fingerprint density at radius 1 is 1.12 bits per heavy atom. The molecule has 0 aliphatic carbocycles. The Hall–Kier alpha value is -3.06. The van der Waals surface area contributed by atoms with Crippen molar-refractivity contribution in [1.82, 2.24) is 4.90 Å². The van der Waals surface area contributed by atoms with Crippen molar-refractivity contribution < 1.29 is 26.6 Å². The number of unbranched alkanes of at least 4 members (excludes halogenated alkanes) is 2. The summed E-state index contributed by atoms with van der Waals surface area (Å²) >= 11 is 3.41. The fourth-order valence-corrected chi connectivity index (χ4v) is 3.72. The molecule has 7 heteroatoms. The third kappa shape index (κ3) is 7.22. The lowest BCUT2D eigenvalue weighted by Crippen LogP contribution is -2.36. The number of carbonyl (C=O) groups is 2. The van der Waals surface area contributed by atoms with Gasteiger partial charge >= 0.3 is 5.97 Å². The fourth-order valence-electron chi connectivity index (χ4n) is 3.36. The van der Waals surface area contributed by atoms with Crippen molar-refractivity contribution >= 4 is 27.8 Å². The SMILES string of the molecule is [2H]C([2H])(c1cc(Br)ccc1OCCCCCC(=O)O)N(C(=O)c1ccc(-c2ccco2)cc1)C(C)C. The smallest absolute Gasteiger partial charge is 0.303 e. The summed E-state index contributed by atoms with van der Waals surface area (Å²) in [7, 11) is 0. The van der Waals surface area contributed by atoms with Gasteiger partial charge in [0.2, 0.25) is 0 Å². The number of ether oxygens (including phenoxy) is 1. The standard InChI is InChI=1S/C27H30BrNO5/c1-19(2)29(27(32)21-11-9-20(10-12-21)24-7-6-16-34-24)18-22-17-23(28)13-14-25(22)33-15-5-3-4-8-26(30)31/h6-7,9-14,16-17,19H,3-5,8,15,18H2,1-2H3,(H,30,31)/i18D2. The minimum absolute atomic E-state index is 0.111. The maximum Gasteiger partial charge on any atom is 0.303 e. The summed E-state index contributed by atoms with van der Waals surface area (Å²) in [6.45, 7) is 1.68. The van der Waals surface area contributed by atoms with E-state index in [9.17, 15) is 9.59 Å². The van der Waals surface area contributed by atoms with Crippen LogP contribution in [0, 0.1) is 0 Å². The number of hydrogen-bond acceptors (Lipinski definition) is 4. The van der Waals surface area contributed by atoms with Crippen LogP contribution in [0.4, 0.5) is 0 Å². The first-order valence-electron chi connectivity index (χ1n) is 12.2. The van der Waals surface area contributed by atoms with Gasteiger partial charge in [-0.05, 0) is 75.6 Å². The third-order valence-electron chi connectivity index (χ3n) is 5.15. The molecule has 1 N–H and O–H groups in total. The van der Waals surface area contributed by atoms with Gasteiger partial charge < -0.3 is 19.2 Å². The van der Waals surface area contributed by atoms with E-state index in [1.807, 2.05) is 6.07 Å². The van der Waals surface area contributed by atoms with E-state index in [1.165, 1.54) is 4.90 Å². The number of furan rings is 1. The molecule has 6 nitrogen and oxygen atoms in total. The quantitative estimate of drug-likeness (QED) is 0.261. The van der Waals surface area contributed by atoms with E-state index in [1.54, 1.807) is 68.6 Å². The Bertz CT molecular complexity index is 1160. The van der Waals surface area contributed by atoms with E-state index in [0.717, 1.165) is 5.56 Å². The van der Waals surface area contributed by atoms with Crippen molar-refractivity contribution in [1.29, 1.82) is 0 Å². The van der Waals surface area contributed by atoms with E-state index in [-0.39, 0.29) is 12.0 Å². The zero-order chi connectivity index (χ0) is 26.3. The van der Waals surface area contributed by atoms with Gasteiger partial charge in [-0.25, -0.2) is 0 Å². The van der Waals surface area contributed by atoms with Crippen LogP contribution in [0.1, 0.15) is 58.2 Å². The van der Waals surface area contributed by atoms with Crippen molar-refractivity contribution in [2.24, 2.45) is 0 Å². The average molecular weight is 530 g/mol. The maximum atomic E-state index is 13.5. The molecule has 0 aliphatic rings. The largest absolute Gasteiger partial charge is 0.493 e. The monoisotopic (exact) mass is 529 g/mol. The molecule has 2 aromatic carbocycles. The highest BCUT2D eigenvalue weighted by Gasteiger charge is 2.21. The van der Waals surface area contributed by atoms with Crippen LogP contribution in [0.3, 0.4) is 0 Å². The minimum atomic E-state index is -2.17. The summed E-state index contributed by atoms with van der Waals surface area (Å²) in [5.41, 5.74) is 1.41. The number of halogens is 1. The highest BCUT2D eigenvalue weighted by atomic mass is 79.9. The summed E-state index contributed by atoms with van der Waals surface area (Å²) in [5.74, 6) is -0.245. The molecule has 0 radical (unpaired) electrons. The number of carboxylic acid groups (broad SMARTS) is 1. The first-order valence-corrected chi connectivity index (χ1v) is 12.0. The normalized spacial score (nSPS) is 12.2. The second-order valence-electron chi connectivity index (χ2n) is 8.13.